The molecule has 0 saturated heterocycles. The highest BCUT2D eigenvalue weighted by Crippen LogP contribution is 2.26. The fraction of sp³-hybridized carbons (Fsp3) is 0.318. The van der Waals surface area contributed by atoms with E-state index < -0.39 is 11.8 Å². The second kappa shape index (κ2) is 12.6. The van der Waals surface area contributed by atoms with Crippen molar-refractivity contribution in [1.29, 1.82) is 0 Å². The molecule has 0 atom stereocenters. The van der Waals surface area contributed by atoms with Crippen molar-refractivity contribution in [2.24, 2.45) is 5.92 Å². The fourth-order valence-electron chi connectivity index (χ4n) is 2.45. The van der Waals surface area contributed by atoms with Crippen molar-refractivity contribution in [3.63, 3.8) is 0 Å². The Kier molecular flexibility index (Phi) is 10.2. The molecule has 0 aliphatic rings. The molecule has 2 rings (SSSR count). The van der Waals surface area contributed by atoms with Crippen molar-refractivity contribution in [3.05, 3.63) is 57.0 Å². The summed E-state index contributed by atoms with van der Waals surface area (Å²) in [5.41, 5.74) is 6.03. The van der Waals surface area contributed by atoms with Gasteiger partial charge in [-0.05, 0) is 89.4 Å². The summed E-state index contributed by atoms with van der Waals surface area (Å²) in [6.07, 6.45) is 0.935. The molecule has 7 nitrogen and oxygen atoms in total. The monoisotopic (exact) mass is 541 g/mol. The van der Waals surface area contributed by atoms with Gasteiger partial charge in [0.05, 0.1) is 11.1 Å². The van der Waals surface area contributed by atoms with Crippen LogP contribution in [0.1, 0.15) is 36.2 Å². The van der Waals surface area contributed by atoms with Gasteiger partial charge in [0.2, 0.25) is 0 Å². The van der Waals surface area contributed by atoms with Crippen LogP contribution >= 0.6 is 39.7 Å². The Bertz CT molecular complexity index is 988. The quantitative estimate of drug-likeness (QED) is 0.335. The lowest BCUT2D eigenvalue weighted by molar-refractivity contribution is -0.123. The van der Waals surface area contributed by atoms with Crippen LogP contribution in [-0.4, -0.2) is 30.1 Å². The second-order valence-corrected chi connectivity index (χ2v) is 9.03. The minimum absolute atomic E-state index is 0.0561. The van der Waals surface area contributed by atoms with E-state index in [0.29, 0.717) is 39.1 Å². The van der Waals surface area contributed by atoms with Crippen molar-refractivity contribution in [3.8, 4) is 11.5 Å². The molecule has 0 heterocycles. The van der Waals surface area contributed by atoms with Gasteiger partial charge in [-0.3, -0.25) is 25.8 Å². The van der Waals surface area contributed by atoms with E-state index in [0.717, 1.165) is 12.0 Å². The highest BCUT2D eigenvalue weighted by Gasteiger charge is 2.12. The van der Waals surface area contributed by atoms with Crippen molar-refractivity contribution in [1.82, 2.24) is 16.2 Å². The molecule has 32 heavy (non-hydrogen) atoms. The van der Waals surface area contributed by atoms with E-state index in [2.05, 4.69) is 45.9 Å². The van der Waals surface area contributed by atoms with Crippen LogP contribution in [-0.2, 0) is 4.79 Å². The van der Waals surface area contributed by atoms with Gasteiger partial charge in [0.15, 0.2) is 11.7 Å². The lowest BCUT2D eigenvalue weighted by atomic mass is 10.1. The molecule has 2 amide bonds. The fourth-order valence-corrected chi connectivity index (χ4v) is 3.31. The van der Waals surface area contributed by atoms with Crippen LogP contribution in [0.25, 0.3) is 0 Å². The maximum Gasteiger partial charge on any atom is 0.276 e. The molecule has 2 aromatic carbocycles. The lowest BCUT2D eigenvalue weighted by Crippen LogP contribution is -2.49. The molecule has 0 spiro atoms. The third-order valence-corrected chi connectivity index (χ3v) is 5.24. The van der Waals surface area contributed by atoms with Gasteiger partial charge in [0.25, 0.3) is 11.8 Å². The number of benzene rings is 2. The number of aryl methyl sites for hydroxylation is 1. The molecule has 0 saturated carbocycles. The summed E-state index contributed by atoms with van der Waals surface area (Å²) in [7, 11) is 0. The predicted octanol–water partition coefficient (Wildman–Crippen LogP) is 4.55. The average Bonchev–Trinajstić information content (AvgIpc) is 2.72. The first-order chi connectivity index (χ1) is 15.2. The van der Waals surface area contributed by atoms with E-state index in [1.807, 2.05) is 6.92 Å². The summed E-state index contributed by atoms with van der Waals surface area (Å²) in [5, 5.41) is 3.02. The summed E-state index contributed by atoms with van der Waals surface area (Å²) in [5.74, 6) is 0.843. The molecular formula is C22H25BrClN3O4S. The third-order valence-electron chi connectivity index (χ3n) is 4.19. The normalized spacial score (nSPS) is 10.4. The van der Waals surface area contributed by atoms with E-state index in [4.69, 9.17) is 33.3 Å². The van der Waals surface area contributed by atoms with Crippen LogP contribution in [0.3, 0.4) is 0 Å². The minimum Gasteiger partial charge on any atom is -0.492 e. The number of hydrazine groups is 1. The van der Waals surface area contributed by atoms with Gasteiger partial charge in [-0.15, -0.1) is 0 Å². The van der Waals surface area contributed by atoms with Crippen LogP contribution in [0.4, 0.5) is 0 Å². The van der Waals surface area contributed by atoms with Crippen LogP contribution < -0.4 is 25.6 Å². The summed E-state index contributed by atoms with van der Waals surface area (Å²) in [6.45, 7) is 6.43. The van der Waals surface area contributed by atoms with Crippen molar-refractivity contribution < 1.29 is 19.1 Å². The largest absolute Gasteiger partial charge is 0.492 e. The molecular weight excluding hydrogens is 518 g/mol. The number of nitrogens with one attached hydrogen (secondary N) is 3. The zero-order valence-corrected chi connectivity index (χ0v) is 21.1. The van der Waals surface area contributed by atoms with Crippen molar-refractivity contribution in [2.75, 3.05) is 13.2 Å². The predicted molar refractivity (Wildman–Crippen MR) is 132 cm³/mol. The van der Waals surface area contributed by atoms with Gasteiger partial charge in [0, 0.05) is 10.6 Å². The number of carbonyl (C=O) groups is 2. The maximum atomic E-state index is 12.4. The maximum absolute atomic E-state index is 12.4. The van der Waals surface area contributed by atoms with E-state index >= 15 is 0 Å². The number of ether oxygens (including phenoxy) is 2. The summed E-state index contributed by atoms with van der Waals surface area (Å²) >= 11 is 14.4. The summed E-state index contributed by atoms with van der Waals surface area (Å²) < 4.78 is 11.8. The first-order valence-corrected chi connectivity index (χ1v) is 11.4. The van der Waals surface area contributed by atoms with Gasteiger partial charge in [0.1, 0.15) is 11.5 Å². The van der Waals surface area contributed by atoms with Crippen LogP contribution in [0, 0.1) is 12.8 Å². The number of carbonyl (C=O) groups excluding carboxylic acids is 2. The molecule has 0 aliphatic heterocycles. The highest BCUT2D eigenvalue weighted by molar-refractivity contribution is 9.10. The molecule has 10 heteroatoms. The van der Waals surface area contributed by atoms with Crippen LogP contribution in [0.5, 0.6) is 11.5 Å². The Balaban J connectivity index is 1.77. The van der Waals surface area contributed by atoms with Crippen molar-refractivity contribution in [2.45, 2.75) is 27.2 Å². The van der Waals surface area contributed by atoms with Gasteiger partial charge in [-0.2, -0.15) is 0 Å². The molecule has 172 valence electrons. The third kappa shape index (κ3) is 8.64. The Hall–Kier alpha value is -2.36. The minimum atomic E-state index is -0.471. The summed E-state index contributed by atoms with van der Waals surface area (Å²) in [6, 6.07) is 10.1. The highest BCUT2D eigenvalue weighted by atomic mass is 79.9. The van der Waals surface area contributed by atoms with Crippen LogP contribution in [0.2, 0.25) is 5.02 Å². The zero-order chi connectivity index (χ0) is 23.7. The van der Waals surface area contributed by atoms with Gasteiger partial charge < -0.3 is 9.47 Å². The Labute approximate surface area is 206 Å². The lowest BCUT2D eigenvalue weighted by Gasteiger charge is -2.13. The standard InChI is InChI=1S/C22H25BrClN3O4S/c1-13(2)8-9-30-19-6-4-15(11-17(19)23)21(29)25-22(32)27-26-20(28)12-31-18-7-5-16(24)10-14(18)3/h4-7,10-11,13H,8-9,12H2,1-3H3,(H,26,28)(H2,25,27,29,32). The van der Waals surface area contributed by atoms with Gasteiger partial charge in [-0.25, -0.2) is 0 Å². The topological polar surface area (TPSA) is 88.7 Å². The molecule has 0 aromatic heterocycles. The molecule has 0 fully saturated rings. The first-order valence-electron chi connectivity index (χ1n) is 9.87. The molecule has 0 radical (unpaired) electrons. The molecule has 2 aromatic rings. The van der Waals surface area contributed by atoms with E-state index in [-0.39, 0.29) is 11.7 Å². The molecule has 0 aliphatic carbocycles. The van der Waals surface area contributed by atoms with Gasteiger partial charge in [-0.1, -0.05) is 25.4 Å². The summed E-state index contributed by atoms with van der Waals surface area (Å²) in [4.78, 5) is 24.3. The molecule has 0 unspecified atom stereocenters. The number of rotatable bonds is 8. The number of thiocarbonyl (C=S) groups is 1. The number of halogens is 2. The number of hydrogen-bond donors (Lipinski definition) is 3. The Morgan fingerprint density at radius 3 is 2.47 bits per heavy atom. The zero-order valence-electron chi connectivity index (χ0n) is 18.0. The van der Waals surface area contributed by atoms with Gasteiger partial charge >= 0.3 is 0 Å². The first kappa shape index (κ1) is 25.9. The number of hydrogen-bond acceptors (Lipinski definition) is 5. The van der Waals surface area contributed by atoms with Crippen molar-refractivity contribution >= 4 is 56.7 Å². The Morgan fingerprint density at radius 1 is 1.09 bits per heavy atom. The number of amides is 2. The molecule has 0 bridgehead atoms. The van der Waals surface area contributed by atoms with E-state index in [1.165, 1.54) is 0 Å². The SMILES string of the molecule is Cc1cc(Cl)ccc1OCC(=O)NNC(=S)NC(=O)c1ccc(OCCC(C)C)c(Br)c1. The average molecular weight is 543 g/mol. The van der Waals surface area contributed by atoms with E-state index in [9.17, 15) is 9.59 Å². The Morgan fingerprint density at radius 2 is 1.81 bits per heavy atom. The second-order valence-electron chi connectivity index (χ2n) is 7.33. The smallest absolute Gasteiger partial charge is 0.276 e. The molecule has 3 N–H and O–H groups in total. The van der Waals surface area contributed by atoms with E-state index in [1.54, 1.807) is 36.4 Å². The van der Waals surface area contributed by atoms with Crippen LogP contribution in [0.15, 0.2) is 40.9 Å².